The lowest BCUT2D eigenvalue weighted by Gasteiger charge is -2.22. The molecule has 0 aliphatic rings. The van der Waals surface area contributed by atoms with Crippen LogP contribution in [0, 0.1) is 0 Å². The van der Waals surface area contributed by atoms with Crippen molar-refractivity contribution in [1.82, 2.24) is 5.32 Å². The maximum Gasteiger partial charge on any atom is 0.307 e. The van der Waals surface area contributed by atoms with Crippen LogP contribution in [0.1, 0.15) is 43.1 Å². The first kappa shape index (κ1) is 15.2. The van der Waals surface area contributed by atoms with Crippen LogP contribution in [-0.4, -0.2) is 25.5 Å². The molecular formula is C15H21NO3. The van der Waals surface area contributed by atoms with Gasteiger partial charge in [0.15, 0.2) is 0 Å². The third-order valence-electron chi connectivity index (χ3n) is 2.82. The summed E-state index contributed by atoms with van der Waals surface area (Å²) in [6, 6.07) is 7.51. The number of amides is 1. The number of nitrogens with one attached hydrogen (secondary N) is 1. The Morgan fingerprint density at radius 2 is 1.84 bits per heavy atom. The van der Waals surface area contributed by atoms with Gasteiger partial charge >= 0.3 is 5.97 Å². The summed E-state index contributed by atoms with van der Waals surface area (Å²) in [5.74, 6) is -0.487. The van der Waals surface area contributed by atoms with Crippen LogP contribution < -0.4 is 5.32 Å². The molecule has 1 N–H and O–H groups in total. The summed E-state index contributed by atoms with van der Waals surface area (Å²) in [5.41, 5.74) is 1.54. The first-order chi connectivity index (χ1) is 8.86. The number of hydrogen-bond acceptors (Lipinski definition) is 3. The van der Waals surface area contributed by atoms with Crippen LogP contribution >= 0.6 is 0 Å². The summed E-state index contributed by atoms with van der Waals surface area (Å²) in [6.45, 7) is 6.47. The lowest BCUT2D eigenvalue weighted by Crippen LogP contribution is -2.29. The zero-order chi connectivity index (χ0) is 14.5. The molecule has 0 spiro atoms. The Morgan fingerprint density at radius 1 is 1.21 bits per heavy atom. The van der Waals surface area contributed by atoms with Crippen LogP contribution in [0.2, 0.25) is 0 Å². The number of esters is 1. The van der Waals surface area contributed by atoms with Gasteiger partial charge in [-0.1, -0.05) is 39.0 Å². The van der Waals surface area contributed by atoms with Crippen molar-refractivity contribution in [2.24, 2.45) is 0 Å². The number of benzene rings is 1. The second-order valence-corrected chi connectivity index (χ2v) is 5.38. The Morgan fingerprint density at radius 3 is 2.42 bits per heavy atom. The van der Waals surface area contributed by atoms with Gasteiger partial charge < -0.3 is 10.1 Å². The number of carbonyl (C=O) groups excluding carboxylic acids is 2. The van der Waals surface area contributed by atoms with Crippen LogP contribution in [0.4, 0.5) is 0 Å². The SMILES string of the molecule is COC(=O)CCNC(=O)c1ccccc1C(C)(C)C. The zero-order valence-corrected chi connectivity index (χ0v) is 11.9. The molecule has 0 aromatic heterocycles. The van der Waals surface area contributed by atoms with E-state index in [1.165, 1.54) is 7.11 Å². The molecule has 1 aromatic rings. The van der Waals surface area contributed by atoms with Gasteiger partial charge in [-0.25, -0.2) is 0 Å². The summed E-state index contributed by atoms with van der Waals surface area (Å²) < 4.78 is 4.53. The van der Waals surface area contributed by atoms with E-state index in [1.807, 2.05) is 18.2 Å². The zero-order valence-electron chi connectivity index (χ0n) is 11.9. The molecule has 0 unspecified atom stereocenters. The van der Waals surface area contributed by atoms with Gasteiger partial charge in [0.25, 0.3) is 5.91 Å². The van der Waals surface area contributed by atoms with E-state index in [0.29, 0.717) is 5.56 Å². The fourth-order valence-corrected chi connectivity index (χ4v) is 1.81. The Balaban J connectivity index is 2.75. The van der Waals surface area contributed by atoms with Gasteiger partial charge in [0, 0.05) is 12.1 Å². The summed E-state index contributed by atoms with van der Waals surface area (Å²) in [7, 11) is 1.33. The molecule has 1 aromatic carbocycles. The fourth-order valence-electron chi connectivity index (χ4n) is 1.81. The molecule has 19 heavy (non-hydrogen) atoms. The number of ether oxygens (including phenoxy) is 1. The summed E-state index contributed by atoms with van der Waals surface area (Å²) >= 11 is 0. The topological polar surface area (TPSA) is 55.4 Å². The van der Waals surface area contributed by atoms with Gasteiger partial charge in [-0.15, -0.1) is 0 Å². The predicted molar refractivity (Wildman–Crippen MR) is 74.1 cm³/mol. The van der Waals surface area contributed by atoms with Crippen molar-refractivity contribution in [1.29, 1.82) is 0 Å². The normalized spacial score (nSPS) is 10.9. The quantitative estimate of drug-likeness (QED) is 0.848. The molecule has 0 atom stereocenters. The molecule has 0 heterocycles. The highest BCUT2D eigenvalue weighted by Gasteiger charge is 2.20. The van der Waals surface area contributed by atoms with Crippen LogP contribution in [0.5, 0.6) is 0 Å². The maximum atomic E-state index is 12.1. The molecule has 0 aliphatic carbocycles. The maximum absolute atomic E-state index is 12.1. The molecule has 1 amide bonds. The summed E-state index contributed by atoms with van der Waals surface area (Å²) in [5, 5.41) is 2.74. The number of hydrogen-bond donors (Lipinski definition) is 1. The molecule has 1 rings (SSSR count). The second kappa shape index (κ2) is 6.36. The number of rotatable bonds is 4. The molecule has 4 heteroatoms. The minimum Gasteiger partial charge on any atom is -0.469 e. The molecule has 0 bridgehead atoms. The predicted octanol–water partition coefficient (Wildman–Crippen LogP) is 2.28. The minimum atomic E-state index is -0.329. The van der Waals surface area contributed by atoms with E-state index in [1.54, 1.807) is 6.07 Å². The molecule has 104 valence electrons. The average molecular weight is 263 g/mol. The van der Waals surface area contributed by atoms with Crippen LogP contribution in [-0.2, 0) is 14.9 Å². The number of methoxy groups -OCH3 is 1. The van der Waals surface area contributed by atoms with Gasteiger partial charge in [0.1, 0.15) is 0 Å². The standard InChI is InChI=1S/C15H21NO3/c1-15(2,3)12-8-6-5-7-11(12)14(18)16-10-9-13(17)19-4/h5-8H,9-10H2,1-4H3,(H,16,18). The van der Waals surface area contributed by atoms with Gasteiger partial charge in [0.2, 0.25) is 0 Å². The largest absolute Gasteiger partial charge is 0.469 e. The van der Waals surface area contributed by atoms with E-state index >= 15 is 0 Å². The van der Waals surface area contributed by atoms with Crippen LogP contribution in [0.3, 0.4) is 0 Å². The van der Waals surface area contributed by atoms with Gasteiger partial charge in [0.05, 0.1) is 13.5 Å². The lowest BCUT2D eigenvalue weighted by molar-refractivity contribution is -0.140. The number of carbonyl (C=O) groups is 2. The van der Waals surface area contributed by atoms with Crippen LogP contribution in [0.25, 0.3) is 0 Å². The molecule has 4 nitrogen and oxygen atoms in total. The van der Waals surface area contributed by atoms with Crippen molar-refractivity contribution >= 4 is 11.9 Å². The molecule has 0 saturated carbocycles. The molecule has 0 fully saturated rings. The van der Waals surface area contributed by atoms with E-state index in [4.69, 9.17) is 0 Å². The van der Waals surface area contributed by atoms with E-state index in [0.717, 1.165) is 5.56 Å². The van der Waals surface area contributed by atoms with Crippen molar-refractivity contribution < 1.29 is 14.3 Å². The van der Waals surface area contributed by atoms with Crippen molar-refractivity contribution in [3.8, 4) is 0 Å². The Kier molecular flexibility index (Phi) is 5.10. The van der Waals surface area contributed by atoms with Crippen molar-refractivity contribution in [2.75, 3.05) is 13.7 Å². The molecule has 0 radical (unpaired) electrons. The summed E-state index contributed by atoms with van der Waals surface area (Å²) in [6.07, 6.45) is 0.180. The Bertz CT molecular complexity index is 461. The highest BCUT2D eigenvalue weighted by molar-refractivity contribution is 5.96. The molecular weight excluding hydrogens is 242 g/mol. The second-order valence-electron chi connectivity index (χ2n) is 5.38. The monoisotopic (exact) mass is 263 g/mol. The van der Waals surface area contributed by atoms with E-state index in [9.17, 15) is 9.59 Å². The van der Waals surface area contributed by atoms with Gasteiger partial charge in [-0.3, -0.25) is 9.59 Å². The van der Waals surface area contributed by atoms with Gasteiger partial charge in [-0.05, 0) is 17.0 Å². The Hall–Kier alpha value is -1.84. The highest BCUT2D eigenvalue weighted by Crippen LogP contribution is 2.25. The smallest absolute Gasteiger partial charge is 0.307 e. The van der Waals surface area contributed by atoms with Crippen molar-refractivity contribution in [2.45, 2.75) is 32.6 Å². The lowest BCUT2D eigenvalue weighted by atomic mass is 9.83. The van der Waals surface area contributed by atoms with E-state index in [-0.39, 0.29) is 30.3 Å². The first-order valence-electron chi connectivity index (χ1n) is 6.31. The molecule has 0 saturated heterocycles. The van der Waals surface area contributed by atoms with Crippen molar-refractivity contribution in [3.63, 3.8) is 0 Å². The highest BCUT2D eigenvalue weighted by atomic mass is 16.5. The van der Waals surface area contributed by atoms with Gasteiger partial charge in [-0.2, -0.15) is 0 Å². The third kappa shape index (κ3) is 4.39. The Labute approximate surface area is 114 Å². The van der Waals surface area contributed by atoms with Crippen molar-refractivity contribution in [3.05, 3.63) is 35.4 Å². The van der Waals surface area contributed by atoms with E-state index < -0.39 is 0 Å². The minimum absolute atomic E-state index is 0.101. The first-order valence-corrected chi connectivity index (χ1v) is 6.31. The van der Waals surface area contributed by atoms with E-state index in [2.05, 4.69) is 30.8 Å². The molecule has 0 aliphatic heterocycles. The van der Waals surface area contributed by atoms with Crippen LogP contribution in [0.15, 0.2) is 24.3 Å². The fraction of sp³-hybridized carbons (Fsp3) is 0.467. The third-order valence-corrected chi connectivity index (χ3v) is 2.82. The summed E-state index contributed by atoms with van der Waals surface area (Å²) in [4.78, 5) is 23.1. The average Bonchev–Trinajstić information content (AvgIpc) is 2.37.